The second kappa shape index (κ2) is 6.14. The second-order valence-electron chi connectivity index (χ2n) is 5.05. The lowest BCUT2D eigenvalue weighted by molar-refractivity contribution is 0.0595. The quantitative estimate of drug-likeness (QED) is 0.649. The summed E-state index contributed by atoms with van der Waals surface area (Å²) in [4.78, 5) is 14.6. The number of nitrogens with one attached hydrogen (secondary N) is 1. The van der Waals surface area contributed by atoms with Crippen molar-refractivity contribution in [1.82, 2.24) is 4.98 Å². The summed E-state index contributed by atoms with van der Waals surface area (Å²) in [6.07, 6.45) is 0. The van der Waals surface area contributed by atoms with E-state index in [1.807, 2.05) is 19.1 Å². The minimum Gasteiger partial charge on any atom is -0.464 e. The molecule has 0 spiro atoms. The maximum atomic E-state index is 11.6. The van der Waals surface area contributed by atoms with E-state index in [4.69, 9.17) is 32.4 Å². The van der Waals surface area contributed by atoms with Gasteiger partial charge in [0, 0.05) is 15.6 Å². The van der Waals surface area contributed by atoms with Crippen LogP contribution < -0.4 is 0 Å². The molecule has 0 amide bonds. The fourth-order valence-electron chi connectivity index (χ4n) is 2.36. The van der Waals surface area contributed by atoms with Gasteiger partial charge >= 0.3 is 5.97 Å². The van der Waals surface area contributed by atoms with Gasteiger partial charge in [0.1, 0.15) is 11.5 Å². The first-order valence-electron chi connectivity index (χ1n) is 6.82. The second-order valence-corrected chi connectivity index (χ2v) is 5.93. The van der Waals surface area contributed by atoms with Crippen LogP contribution in [0.25, 0.3) is 22.8 Å². The third-order valence-corrected chi connectivity index (χ3v) is 3.86. The van der Waals surface area contributed by atoms with Gasteiger partial charge in [-0.15, -0.1) is 0 Å². The first kappa shape index (κ1) is 15.7. The molecule has 1 aromatic carbocycles. The molecular formula is C17H13Cl2NO3. The smallest absolute Gasteiger partial charge is 0.354 e. The normalized spacial score (nSPS) is 10.8. The first-order chi connectivity index (χ1) is 11.0. The molecular weight excluding hydrogens is 337 g/mol. The van der Waals surface area contributed by atoms with Gasteiger partial charge in [0.2, 0.25) is 0 Å². The van der Waals surface area contributed by atoms with E-state index in [0.29, 0.717) is 27.3 Å². The third kappa shape index (κ3) is 3.14. The maximum Gasteiger partial charge on any atom is 0.354 e. The molecule has 0 aliphatic carbocycles. The van der Waals surface area contributed by atoms with Gasteiger partial charge in [-0.05, 0) is 48.9 Å². The minimum atomic E-state index is -0.423. The summed E-state index contributed by atoms with van der Waals surface area (Å²) in [5.41, 5.74) is 2.77. The van der Waals surface area contributed by atoms with Crippen molar-refractivity contribution in [2.45, 2.75) is 6.92 Å². The Morgan fingerprint density at radius 1 is 1.09 bits per heavy atom. The van der Waals surface area contributed by atoms with Crippen molar-refractivity contribution in [2.24, 2.45) is 0 Å². The van der Waals surface area contributed by atoms with Gasteiger partial charge < -0.3 is 14.1 Å². The number of hydrogen-bond acceptors (Lipinski definition) is 3. The molecule has 0 aliphatic heterocycles. The molecule has 0 aliphatic rings. The maximum absolute atomic E-state index is 11.6. The predicted octanol–water partition coefficient (Wildman–Crippen LogP) is 5.34. The highest BCUT2D eigenvalue weighted by molar-refractivity contribution is 6.35. The Kier molecular flexibility index (Phi) is 4.20. The average molecular weight is 350 g/mol. The Balaban J connectivity index is 1.99. The summed E-state index contributed by atoms with van der Waals surface area (Å²) in [7, 11) is 1.34. The molecule has 3 aromatic rings. The number of carbonyl (C=O) groups is 1. The number of methoxy groups -OCH3 is 1. The Hall–Kier alpha value is -2.17. The molecule has 1 N–H and O–H groups in total. The number of hydrogen-bond donors (Lipinski definition) is 1. The molecule has 0 saturated heterocycles. The Labute approximate surface area is 143 Å². The zero-order chi connectivity index (χ0) is 16.6. The van der Waals surface area contributed by atoms with Crippen LogP contribution in [0.2, 0.25) is 10.0 Å². The van der Waals surface area contributed by atoms with Crippen molar-refractivity contribution in [2.75, 3.05) is 7.11 Å². The first-order valence-corrected chi connectivity index (χ1v) is 7.58. The van der Waals surface area contributed by atoms with Crippen LogP contribution in [-0.4, -0.2) is 18.1 Å². The van der Waals surface area contributed by atoms with Crippen molar-refractivity contribution in [3.05, 3.63) is 57.7 Å². The summed E-state index contributed by atoms with van der Waals surface area (Å²) >= 11 is 12.0. The van der Waals surface area contributed by atoms with Crippen molar-refractivity contribution in [3.63, 3.8) is 0 Å². The fourth-order valence-corrected chi connectivity index (χ4v) is 2.88. The molecule has 0 bridgehead atoms. The highest BCUT2D eigenvalue weighted by Gasteiger charge is 2.16. The van der Waals surface area contributed by atoms with Gasteiger partial charge in [-0.2, -0.15) is 0 Å². The molecule has 0 atom stereocenters. The van der Waals surface area contributed by atoms with E-state index in [1.54, 1.807) is 24.3 Å². The van der Waals surface area contributed by atoms with Crippen LogP contribution in [0, 0.1) is 6.92 Å². The summed E-state index contributed by atoms with van der Waals surface area (Å²) in [6, 6.07) is 10.6. The number of ether oxygens (including phenoxy) is 1. The minimum absolute atomic E-state index is 0.378. The highest BCUT2D eigenvalue weighted by Crippen LogP contribution is 2.32. The summed E-state index contributed by atoms with van der Waals surface area (Å²) in [5.74, 6) is 0.828. The van der Waals surface area contributed by atoms with Gasteiger partial charge in [-0.1, -0.05) is 23.2 Å². The number of furan rings is 1. The molecule has 0 radical (unpaired) electrons. The zero-order valence-corrected chi connectivity index (χ0v) is 14.0. The van der Waals surface area contributed by atoms with Crippen LogP contribution >= 0.6 is 23.2 Å². The van der Waals surface area contributed by atoms with Crippen LogP contribution in [0.3, 0.4) is 0 Å². The van der Waals surface area contributed by atoms with Crippen molar-refractivity contribution in [1.29, 1.82) is 0 Å². The lowest BCUT2D eigenvalue weighted by Crippen LogP contribution is -2.00. The zero-order valence-electron chi connectivity index (χ0n) is 12.4. The molecule has 3 rings (SSSR count). The van der Waals surface area contributed by atoms with Crippen LogP contribution in [-0.2, 0) is 4.74 Å². The van der Waals surface area contributed by atoms with Crippen LogP contribution in [0.15, 0.2) is 40.8 Å². The Bertz CT molecular complexity index is 860. The van der Waals surface area contributed by atoms with E-state index >= 15 is 0 Å². The molecule has 118 valence electrons. The molecule has 4 nitrogen and oxygen atoms in total. The van der Waals surface area contributed by atoms with E-state index in [-0.39, 0.29) is 0 Å². The summed E-state index contributed by atoms with van der Waals surface area (Å²) < 4.78 is 10.6. The largest absolute Gasteiger partial charge is 0.464 e. The molecule has 0 saturated carbocycles. The van der Waals surface area contributed by atoms with E-state index in [0.717, 1.165) is 16.8 Å². The molecule has 2 aromatic heterocycles. The molecule has 0 unspecified atom stereocenters. The number of carbonyl (C=O) groups excluding carboxylic acids is 1. The molecule has 2 heterocycles. The van der Waals surface area contributed by atoms with Gasteiger partial charge in [-0.3, -0.25) is 0 Å². The number of esters is 1. The lowest BCUT2D eigenvalue weighted by atomic mass is 10.2. The number of benzene rings is 1. The number of aryl methyl sites for hydroxylation is 1. The molecule has 6 heteroatoms. The highest BCUT2D eigenvalue weighted by atomic mass is 35.5. The third-order valence-electron chi connectivity index (χ3n) is 3.42. The predicted molar refractivity (Wildman–Crippen MR) is 90.0 cm³/mol. The van der Waals surface area contributed by atoms with E-state index in [9.17, 15) is 4.79 Å². The fraction of sp³-hybridized carbons (Fsp3) is 0.118. The molecule has 23 heavy (non-hydrogen) atoms. The van der Waals surface area contributed by atoms with Gasteiger partial charge in [-0.25, -0.2) is 4.79 Å². The van der Waals surface area contributed by atoms with Crippen LogP contribution in [0.1, 0.15) is 16.1 Å². The van der Waals surface area contributed by atoms with E-state index in [1.165, 1.54) is 7.11 Å². The van der Waals surface area contributed by atoms with Crippen molar-refractivity contribution < 1.29 is 13.9 Å². The Morgan fingerprint density at radius 3 is 2.39 bits per heavy atom. The van der Waals surface area contributed by atoms with Crippen molar-refractivity contribution >= 4 is 29.2 Å². The number of halogens is 2. The standard InChI is InChI=1S/C17H13Cl2NO3/c1-9-5-13(17(21)22-2)20-16(9)15-4-3-14(23-15)10-6-11(18)8-12(19)7-10/h3-8,20H,1-2H3. The number of rotatable bonds is 3. The summed E-state index contributed by atoms with van der Waals surface area (Å²) in [5, 5.41) is 1.07. The van der Waals surface area contributed by atoms with Crippen LogP contribution in [0.5, 0.6) is 0 Å². The average Bonchev–Trinajstić information content (AvgIpc) is 3.12. The number of H-pyrrole nitrogens is 1. The SMILES string of the molecule is COC(=O)c1cc(C)c(-c2ccc(-c3cc(Cl)cc(Cl)c3)o2)[nH]1. The van der Waals surface area contributed by atoms with E-state index < -0.39 is 5.97 Å². The Morgan fingerprint density at radius 2 is 1.74 bits per heavy atom. The lowest BCUT2D eigenvalue weighted by Gasteiger charge is -2.00. The van der Waals surface area contributed by atoms with Gasteiger partial charge in [0.05, 0.1) is 12.8 Å². The van der Waals surface area contributed by atoms with Crippen LogP contribution in [0.4, 0.5) is 0 Å². The number of aromatic nitrogens is 1. The molecule has 0 fully saturated rings. The van der Waals surface area contributed by atoms with Gasteiger partial charge in [0.25, 0.3) is 0 Å². The van der Waals surface area contributed by atoms with E-state index in [2.05, 4.69) is 4.98 Å². The monoisotopic (exact) mass is 349 g/mol. The topological polar surface area (TPSA) is 55.2 Å². The van der Waals surface area contributed by atoms with Crippen molar-refractivity contribution in [3.8, 4) is 22.8 Å². The van der Waals surface area contributed by atoms with Gasteiger partial charge in [0.15, 0.2) is 5.76 Å². The summed E-state index contributed by atoms with van der Waals surface area (Å²) in [6.45, 7) is 1.89. The number of aromatic amines is 1.